The summed E-state index contributed by atoms with van der Waals surface area (Å²) in [6, 6.07) is 6.39. The molecule has 2 aromatic rings. The van der Waals surface area contributed by atoms with Crippen LogP contribution in [0.4, 0.5) is 5.69 Å². The molecular formula is C14H13BrN2O3S. The highest BCUT2D eigenvalue weighted by Crippen LogP contribution is 2.23. The number of benzene rings is 1. The van der Waals surface area contributed by atoms with Gasteiger partial charge in [-0.3, -0.25) is 14.9 Å². The summed E-state index contributed by atoms with van der Waals surface area (Å²) in [5, 5.41) is 12.8. The first-order valence-electron chi connectivity index (χ1n) is 6.12. The molecule has 0 radical (unpaired) electrons. The van der Waals surface area contributed by atoms with Gasteiger partial charge in [-0.05, 0) is 52.0 Å². The van der Waals surface area contributed by atoms with E-state index in [9.17, 15) is 14.9 Å². The SMILES string of the molecule is Cc1cc(C(=O)N(C)Cc2csc(Br)c2)ccc1[N+](=O)[O-]. The number of hydrogen-bond acceptors (Lipinski definition) is 4. The molecule has 0 saturated carbocycles. The summed E-state index contributed by atoms with van der Waals surface area (Å²) in [4.78, 5) is 24.3. The first-order chi connectivity index (χ1) is 9.88. The summed E-state index contributed by atoms with van der Waals surface area (Å²) in [5.41, 5.74) is 2.00. The third kappa shape index (κ3) is 3.68. The number of amides is 1. The standard InChI is InChI=1S/C14H13BrN2O3S/c1-9-5-11(3-4-12(9)17(19)20)14(18)16(2)7-10-6-13(15)21-8-10/h3-6,8H,7H2,1-2H3. The van der Waals surface area contributed by atoms with Gasteiger partial charge in [0, 0.05) is 30.8 Å². The van der Waals surface area contributed by atoms with Crippen molar-refractivity contribution in [3.8, 4) is 0 Å². The number of nitro groups is 1. The van der Waals surface area contributed by atoms with Crippen LogP contribution in [-0.4, -0.2) is 22.8 Å². The topological polar surface area (TPSA) is 63.5 Å². The second kappa shape index (κ2) is 6.36. The number of thiophene rings is 1. The number of aryl methyl sites for hydroxylation is 1. The van der Waals surface area contributed by atoms with Crippen molar-refractivity contribution in [3.05, 3.63) is 60.2 Å². The molecule has 0 aliphatic carbocycles. The molecule has 0 N–H and O–H groups in total. The van der Waals surface area contributed by atoms with E-state index in [-0.39, 0.29) is 11.6 Å². The number of carbonyl (C=O) groups is 1. The Kier molecular flexibility index (Phi) is 4.74. The third-order valence-corrected chi connectivity index (χ3v) is 4.58. The fourth-order valence-electron chi connectivity index (χ4n) is 1.99. The van der Waals surface area contributed by atoms with Gasteiger partial charge < -0.3 is 4.90 Å². The Bertz CT molecular complexity index is 699. The molecule has 7 heteroatoms. The van der Waals surface area contributed by atoms with E-state index in [0.717, 1.165) is 9.35 Å². The number of halogens is 1. The smallest absolute Gasteiger partial charge is 0.272 e. The average Bonchev–Trinajstić information content (AvgIpc) is 2.82. The van der Waals surface area contributed by atoms with Gasteiger partial charge in [-0.25, -0.2) is 0 Å². The van der Waals surface area contributed by atoms with Crippen LogP contribution in [0.15, 0.2) is 33.4 Å². The van der Waals surface area contributed by atoms with Crippen LogP contribution >= 0.6 is 27.3 Å². The fourth-order valence-corrected chi connectivity index (χ4v) is 3.19. The van der Waals surface area contributed by atoms with Crippen LogP contribution in [0.3, 0.4) is 0 Å². The van der Waals surface area contributed by atoms with Crippen molar-refractivity contribution in [2.45, 2.75) is 13.5 Å². The fraction of sp³-hybridized carbons (Fsp3) is 0.214. The van der Waals surface area contributed by atoms with Crippen molar-refractivity contribution >= 4 is 38.9 Å². The molecule has 0 spiro atoms. The van der Waals surface area contributed by atoms with Crippen molar-refractivity contribution < 1.29 is 9.72 Å². The van der Waals surface area contributed by atoms with Crippen LogP contribution in [0.1, 0.15) is 21.5 Å². The Balaban J connectivity index is 2.15. The lowest BCUT2D eigenvalue weighted by molar-refractivity contribution is -0.385. The summed E-state index contributed by atoms with van der Waals surface area (Å²) in [6.07, 6.45) is 0. The molecule has 21 heavy (non-hydrogen) atoms. The third-order valence-electron chi connectivity index (χ3n) is 3.03. The zero-order valence-corrected chi connectivity index (χ0v) is 13.9. The van der Waals surface area contributed by atoms with Crippen molar-refractivity contribution in [2.24, 2.45) is 0 Å². The van der Waals surface area contributed by atoms with Crippen LogP contribution < -0.4 is 0 Å². The number of carbonyl (C=O) groups excluding carboxylic acids is 1. The predicted molar refractivity (Wildman–Crippen MR) is 85.6 cm³/mol. The lowest BCUT2D eigenvalue weighted by Gasteiger charge is -2.16. The van der Waals surface area contributed by atoms with Crippen LogP contribution in [0.5, 0.6) is 0 Å². The molecule has 0 bridgehead atoms. The molecule has 110 valence electrons. The molecule has 1 heterocycles. The maximum absolute atomic E-state index is 12.3. The Morgan fingerprint density at radius 3 is 2.67 bits per heavy atom. The molecule has 0 unspecified atom stereocenters. The van der Waals surface area contributed by atoms with Gasteiger partial charge in [0.2, 0.25) is 0 Å². The highest BCUT2D eigenvalue weighted by atomic mass is 79.9. The molecule has 5 nitrogen and oxygen atoms in total. The average molecular weight is 369 g/mol. The Morgan fingerprint density at radius 1 is 1.43 bits per heavy atom. The summed E-state index contributed by atoms with van der Waals surface area (Å²) >= 11 is 4.95. The zero-order chi connectivity index (χ0) is 15.6. The normalized spacial score (nSPS) is 10.4. The summed E-state index contributed by atoms with van der Waals surface area (Å²) < 4.78 is 1.02. The Hall–Kier alpha value is -1.73. The van der Waals surface area contributed by atoms with E-state index >= 15 is 0 Å². The number of nitro benzene ring substituents is 1. The minimum absolute atomic E-state index is 0.0240. The maximum Gasteiger partial charge on any atom is 0.272 e. The Morgan fingerprint density at radius 2 is 2.14 bits per heavy atom. The van der Waals surface area contributed by atoms with Gasteiger partial charge in [0.15, 0.2) is 0 Å². The highest BCUT2D eigenvalue weighted by molar-refractivity contribution is 9.11. The van der Waals surface area contributed by atoms with E-state index in [1.165, 1.54) is 12.1 Å². The van der Waals surface area contributed by atoms with Crippen LogP contribution in [0.25, 0.3) is 0 Å². The predicted octanol–water partition coefficient (Wildman–Crippen LogP) is 4.00. The van der Waals surface area contributed by atoms with E-state index in [4.69, 9.17) is 0 Å². The van der Waals surface area contributed by atoms with Crippen LogP contribution in [0, 0.1) is 17.0 Å². The molecular weight excluding hydrogens is 356 g/mol. The van der Waals surface area contributed by atoms with Gasteiger partial charge in [0.05, 0.1) is 8.71 Å². The monoisotopic (exact) mass is 368 g/mol. The van der Waals surface area contributed by atoms with Gasteiger partial charge in [0.25, 0.3) is 11.6 Å². The number of rotatable bonds is 4. The van der Waals surface area contributed by atoms with E-state index in [2.05, 4.69) is 15.9 Å². The first kappa shape index (κ1) is 15.7. The molecule has 0 aliphatic rings. The van der Waals surface area contributed by atoms with Gasteiger partial charge in [-0.15, -0.1) is 11.3 Å². The molecule has 0 atom stereocenters. The van der Waals surface area contributed by atoms with Crippen LogP contribution in [0.2, 0.25) is 0 Å². The van der Waals surface area contributed by atoms with E-state index in [0.29, 0.717) is 17.7 Å². The number of hydrogen-bond donors (Lipinski definition) is 0. The molecule has 0 aliphatic heterocycles. The lowest BCUT2D eigenvalue weighted by Crippen LogP contribution is -2.26. The largest absolute Gasteiger partial charge is 0.337 e. The zero-order valence-electron chi connectivity index (χ0n) is 11.5. The molecule has 0 saturated heterocycles. The van der Waals surface area contributed by atoms with Gasteiger partial charge in [-0.2, -0.15) is 0 Å². The summed E-state index contributed by atoms with van der Waals surface area (Å²) in [7, 11) is 1.71. The molecule has 0 fully saturated rings. The van der Waals surface area contributed by atoms with Crippen molar-refractivity contribution in [3.63, 3.8) is 0 Å². The quantitative estimate of drug-likeness (QED) is 0.605. The maximum atomic E-state index is 12.3. The second-order valence-corrected chi connectivity index (χ2v) is 6.97. The van der Waals surface area contributed by atoms with Crippen molar-refractivity contribution in [2.75, 3.05) is 7.05 Å². The van der Waals surface area contributed by atoms with E-state index in [1.54, 1.807) is 36.3 Å². The highest BCUT2D eigenvalue weighted by Gasteiger charge is 2.17. The van der Waals surface area contributed by atoms with Gasteiger partial charge >= 0.3 is 0 Å². The van der Waals surface area contributed by atoms with Gasteiger partial charge in [-0.1, -0.05) is 0 Å². The Labute approximate surface area is 134 Å². The molecule has 1 aromatic carbocycles. The van der Waals surface area contributed by atoms with Crippen molar-refractivity contribution in [1.29, 1.82) is 0 Å². The molecule has 2 rings (SSSR count). The summed E-state index contributed by atoms with van der Waals surface area (Å²) in [6.45, 7) is 2.13. The van der Waals surface area contributed by atoms with Crippen molar-refractivity contribution in [1.82, 2.24) is 4.90 Å². The first-order valence-corrected chi connectivity index (χ1v) is 7.79. The minimum Gasteiger partial charge on any atom is -0.337 e. The van der Waals surface area contributed by atoms with Crippen LogP contribution in [-0.2, 0) is 6.54 Å². The van der Waals surface area contributed by atoms with E-state index < -0.39 is 4.92 Å². The number of nitrogens with zero attached hydrogens (tertiary/aromatic N) is 2. The van der Waals surface area contributed by atoms with Gasteiger partial charge in [0.1, 0.15) is 0 Å². The summed E-state index contributed by atoms with van der Waals surface area (Å²) in [5.74, 6) is -0.157. The second-order valence-electron chi connectivity index (χ2n) is 4.68. The molecule has 1 aromatic heterocycles. The minimum atomic E-state index is -0.448. The van der Waals surface area contributed by atoms with E-state index in [1.807, 2.05) is 11.4 Å². The molecule has 1 amide bonds. The lowest BCUT2D eigenvalue weighted by atomic mass is 10.1.